The molecule has 0 saturated carbocycles. The van der Waals surface area contributed by atoms with E-state index in [1.54, 1.807) is 0 Å². The second kappa shape index (κ2) is 25.8. The van der Waals surface area contributed by atoms with Gasteiger partial charge >= 0.3 is 11.9 Å². The van der Waals surface area contributed by atoms with Crippen molar-refractivity contribution in [2.45, 2.75) is 122 Å². The fourth-order valence-corrected chi connectivity index (χ4v) is 7.49. The van der Waals surface area contributed by atoms with E-state index in [9.17, 15) is 14.4 Å². The van der Waals surface area contributed by atoms with Crippen molar-refractivity contribution in [2.75, 3.05) is 77.2 Å². The second-order valence-corrected chi connectivity index (χ2v) is 15.1. The number of ether oxygens (including phenoxy) is 2. The molecule has 2 aromatic heterocycles. The monoisotopic (exact) mass is 801 g/mol. The first kappa shape index (κ1) is 47.0. The maximum atomic E-state index is 11.6. The van der Waals surface area contributed by atoms with Crippen molar-refractivity contribution in [1.29, 1.82) is 0 Å². The number of nitrogens with two attached hydrogens (primary N) is 1. The number of piperidine rings is 2. The third kappa shape index (κ3) is 15.5. The predicted molar refractivity (Wildman–Crippen MR) is 226 cm³/mol. The molecular formula is C42H69ClN8O5. The highest BCUT2D eigenvalue weighted by molar-refractivity contribution is 5.85. The van der Waals surface area contributed by atoms with Gasteiger partial charge in [0.25, 0.3) is 0 Å². The van der Waals surface area contributed by atoms with Crippen LogP contribution in [0.5, 0.6) is 0 Å². The van der Waals surface area contributed by atoms with E-state index in [0.29, 0.717) is 32.0 Å². The quantitative estimate of drug-likeness (QED) is 0.153. The fraction of sp³-hybridized carbons (Fsp3) is 0.690. The number of ketones is 1. The number of aromatic nitrogens is 2. The summed E-state index contributed by atoms with van der Waals surface area (Å²) in [4.78, 5) is 47.3. The molecule has 6 rings (SSSR count). The highest BCUT2D eigenvalue weighted by atomic mass is 35.5. The molecule has 0 aliphatic carbocycles. The summed E-state index contributed by atoms with van der Waals surface area (Å²) in [5.41, 5.74) is 10.6. The van der Waals surface area contributed by atoms with Gasteiger partial charge in [-0.2, -0.15) is 0 Å². The maximum absolute atomic E-state index is 11.6. The Morgan fingerprint density at radius 2 is 1.25 bits per heavy atom. The van der Waals surface area contributed by atoms with E-state index in [4.69, 9.17) is 15.5 Å². The number of carbonyl (C=O) groups excluding carboxylic acids is 3. The van der Waals surface area contributed by atoms with Crippen molar-refractivity contribution in [3.8, 4) is 0 Å². The molecule has 4 aliphatic rings. The minimum Gasteiger partial charge on any atom is -0.468 e. The molecular weight excluding hydrogens is 732 g/mol. The number of anilines is 2. The van der Waals surface area contributed by atoms with E-state index >= 15 is 0 Å². The number of fused-ring (bicyclic) bond motifs is 2. The van der Waals surface area contributed by atoms with Gasteiger partial charge < -0.3 is 31.2 Å². The fourth-order valence-electron chi connectivity index (χ4n) is 7.49. The number of pyridine rings is 2. The molecule has 2 fully saturated rings. The third-order valence-corrected chi connectivity index (χ3v) is 11.1. The van der Waals surface area contributed by atoms with Crippen LogP contribution in [0.1, 0.15) is 101 Å². The standard InChI is InChI=1S/C21H34N4O2.C12H19N3.C9H15NO3.ClH/c1-16(21(26)27-2)25-14-10-18(11-15-25)22-12-4-3-7-19-9-8-17-6-5-13-23-20(17)24-19;13-8-2-1-5-11-7-6-10-4-3-9-14-12(10)15-11;1-7(9(12)13-2)10-5-3-8(11)4-6-10;/h8-9,16,18,22H,3-7,10-15H2,1-2H3,(H,23,24);6-7H,1-5,8-9,13H2,(H,14,15);7H,3-6H2,1-2H3;1H. The van der Waals surface area contributed by atoms with Gasteiger partial charge in [0, 0.05) is 69.5 Å². The van der Waals surface area contributed by atoms with Crippen molar-refractivity contribution < 1.29 is 23.9 Å². The molecule has 0 amide bonds. The van der Waals surface area contributed by atoms with Crippen LogP contribution >= 0.6 is 12.4 Å². The first-order chi connectivity index (χ1) is 26.7. The Hall–Kier alpha value is -3.36. The molecule has 2 atom stereocenters. The summed E-state index contributed by atoms with van der Waals surface area (Å²) in [5.74, 6) is 2.13. The van der Waals surface area contributed by atoms with Crippen LogP contribution in [0.25, 0.3) is 0 Å². The van der Waals surface area contributed by atoms with Gasteiger partial charge in [0.15, 0.2) is 0 Å². The number of aryl methyl sites for hydroxylation is 4. The van der Waals surface area contributed by atoms with Gasteiger partial charge in [-0.15, -0.1) is 12.4 Å². The lowest BCUT2D eigenvalue weighted by molar-refractivity contribution is -0.147. The van der Waals surface area contributed by atoms with Gasteiger partial charge in [0.2, 0.25) is 0 Å². The van der Waals surface area contributed by atoms with Gasteiger partial charge in [-0.3, -0.25) is 24.2 Å². The highest BCUT2D eigenvalue weighted by Gasteiger charge is 2.27. The Balaban J connectivity index is 0.000000245. The number of hydrogen-bond donors (Lipinski definition) is 4. The Bertz CT molecular complexity index is 1480. The van der Waals surface area contributed by atoms with Crippen molar-refractivity contribution in [1.82, 2.24) is 25.1 Å². The van der Waals surface area contributed by atoms with Crippen molar-refractivity contribution in [3.05, 3.63) is 46.8 Å². The summed E-state index contributed by atoms with van der Waals surface area (Å²) in [6, 6.07) is 9.02. The largest absolute Gasteiger partial charge is 0.468 e. The molecule has 0 radical (unpaired) electrons. The maximum Gasteiger partial charge on any atom is 0.322 e. The lowest BCUT2D eigenvalue weighted by Gasteiger charge is -2.35. The molecule has 14 heteroatoms. The summed E-state index contributed by atoms with van der Waals surface area (Å²) in [7, 11) is 2.84. The van der Waals surface area contributed by atoms with E-state index in [-0.39, 0.29) is 42.2 Å². The number of esters is 2. The van der Waals surface area contributed by atoms with Crippen LogP contribution in [0.15, 0.2) is 24.3 Å². The number of methoxy groups -OCH3 is 2. The predicted octanol–water partition coefficient (Wildman–Crippen LogP) is 4.73. The number of unbranched alkanes of at least 4 members (excludes halogenated alkanes) is 2. The van der Waals surface area contributed by atoms with E-state index in [0.717, 1.165) is 102 Å². The van der Waals surface area contributed by atoms with Crippen molar-refractivity contribution >= 4 is 41.8 Å². The zero-order chi connectivity index (χ0) is 39.4. The van der Waals surface area contributed by atoms with Crippen LogP contribution < -0.4 is 21.7 Å². The van der Waals surface area contributed by atoms with Crippen LogP contribution in [0.2, 0.25) is 0 Å². The van der Waals surface area contributed by atoms with Gasteiger partial charge in [-0.1, -0.05) is 12.1 Å². The van der Waals surface area contributed by atoms with E-state index in [1.807, 2.05) is 18.7 Å². The van der Waals surface area contributed by atoms with Gasteiger partial charge in [0.1, 0.15) is 29.5 Å². The van der Waals surface area contributed by atoms with E-state index in [1.165, 1.54) is 62.4 Å². The van der Waals surface area contributed by atoms with Gasteiger partial charge in [-0.25, -0.2) is 9.97 Å². The topological polar surface area (TPSA) is 164 Å². The summed E-state index contributed by atoms with van der Waals surface area (Å²) in [6.45, 7) is 11.0. The summed E-state index contributed by atoms with van der Waals surface area (Å²) >= 11 is 0. The van der Waals surface area contributed by atoms with Gasteiger partial charge in [0.05, 0.1) is 14.2 Å². The van der Waals surface area contributed by atoms with Crippen molar-refractivity contribution in [2.24, 2.45) is 5.73 Å². The molecule has 56 heavy (non-hydrogen) atoms. The Labute approximate surface area is 341 Å². The SMILES string of the molecule is COC(=O)C(C)N1CCC(=O)CC1.COC(=O)C(C)N1CCC(NCCCCc2ccc3c(n2)NCCC3)CC1.Cl.NCCCCc1ccc2c(n1)NCCC2. The number of hydrogen-bond acceptors (Lipinski definition) is 13. The Kier molecular flexibility index (Phi) is 21.7. The smallest absolute Gasteiger partial charge is 0.322 e. The average Bonchev–Trinajstić information content (AvgIpc) is 3.23. The van der Waals surface area contributed by atoms with Crippen LogP contribution in [-0.2, 0) is 49.5 Å². The lowest BCUT2D eigenvalue weighted by atomic mass is 10.0. The average molecular weight is 802 g/mol. The minimum absolute atomic E-state index is 0. The normalized spacial score (nSPS) is 18.1. The summed E-state index contributed by atoms with van der Waals surface area (Å²) in [5, 5.41) is 10.5. The van der Waals surface area contributed by atoms with Crippen LogP contribution in [-0.4, -0.2) is 122 Å². The number of halogens is 1. The zero-order valence-electron chi connectivity index (χ0n) is 34.4. The molecule has 4 aliphatic heterocycles. The molecule has 2 saturated heterocycles. The van der Waals surface area contributed by atoms with Gasteiger partial charge in [-0.05, 0) is 127 Å². The molecule has 314 valence electrons. The minimum atomic E-state index is -0.227. The summed E-state index contributed by atoms with van der Waals surface area (Å²) < 4.78 is 9.47. The molecule has 5 N–H and O–H groups in total. The molecule has 6 heterocycles. The third-order valence-electron chi connectivity index (χ3n) is 11.1. The lowest BCUT2D eigenvalue weighted by Crippen LogP contribution is -2.48. The van der Waals surface area contributed by atoms with E-state index < -0.39 is 0 Å². The zero-order valence-corrected chi connectivity index (χ0v) is 35.2. The van der Waals surface area contributed by atoms with Crippen molar-refractivity contribution in [3.63, 3.8) is 0 Å². The number of nitrogens with zero attached hydrogens (tertiary/aromatic N) is 4. The van der Waals surface area contributed by atoms with Crippen LogP contribution in [0.3, 0.4) is 0 Å². The number of likely N-dealkylation sites (tertiary alicyclic amines) is 2. The molecule has 0 spiro atoms. The Morgan fingerprint density at radius 3 is 1.73 bits per heavy atom. The molecule has 2 aromatic rings. The first-order valence-electron chi connectivity index (χ1n) is 20.8. The number of rotatable bonds is 14. The number of nitrogens with one attached hydrogen (secondary N) is 3. The number of carbonyl (C=O) groups is 3. The highest BCUT2D eigenvalue weighted by Crippen LogP contribution is 2.22. The molecule has 0 bridgehead atoms. The van der Waals surface area contributed by atoms with Crippen LogP contribution in [0, 0.1) is 0 Å². The second-order valence-electron chi connectivity index (χ2n) is 15.1. The molecule has 2 unspecified atom stereocenters. The molecule has 0 aromatic carbocycles. The first-order valence-corrected chi connectivity index (χ1v) is 20.8. The van der Waals surface area contributed by atoms with E-state index in [2.05, 4.69) is 54.8 Å². The number of Topliss-reactive ketones (excluding diaryl/α,β-unsaturated/α-hetero) is 1. The summed E-state index contributed by atoms with van der Waals surface area (Å²) in [6.07, 6.45) is 14.7. The van der Waals surface area contributed by atoms with Crippen LogP contribution in [0.4, 0.5) is 11.6 Å². The molecule has 13 nitrogen and oxygen atoms in total. The Morgan fingerprint density at radius 1 is 0.768 bits per heavy atom.